The highest BCUT2D eigenvalue weighted by Gasteiger charge is 2.23. The number of piperidine rings is 1. The summed E-state index contributed by atoms with van der Waals surface area (Å²) >= 11 is 0. The highest BCUT2D eigenvalue weighted by molar-refractivity contribution is 5.94. The van der Waals surface area contributed by atoms with Crippen LogP contribution in [0.3, 0.4) is 0 Å². The molecular formula is C14H23Cl2N3O. The first-order chi connectivity index (χ1) is 8.81. The van der Waals surface area contributed by atoms with Gasteiger partial charge in [-0.25, -0.2) is 0 Å². The molecule has 0 bridgehead atoms. The fourth-order valence-corrected chi connectivity index (χ4v) is 2.37. The molecule has 6 heteroatoms. The zero-order chi connectivity index (χ0) is 12.8. The third kappa shape index (κ3) is 5.27. The van der Waals surface area contributed by atoms with Gasteiger partial charge in [-0.15, -0.1) is 24.8 Å². The van der Waals surface area contributed by atoms with Gasteiger partial charge >= 0.3 is 0 Å². The lowest BCUT2D eigenvalue weighted by Gasteiger charge is -2.32. The Morgan fingerprint density at radius 2 is 1.90 bits per heavy atom. The molecule has 1 aliphatic heterocycles. The number of hydrogen-bond donors (Lipinski definition) is 1. The molecule has 2 rings (SSSR count). The molecule has 114 valence electrons. The number of rotatable bonds is 4. The van der Waals surface area contributed by atoms with Crippen molar-refractivity contribution in [2.24, 2.45) is 5.92 Å². The molecule has 1 fully saturated rings. The highest BCUT2D eigenvalue weighted by atomic mass is 35.5. The Morgan fingerprint density at radius 1 is 1.30 bits per heavy atom. The number of pyridine rings is 1. The van der Waals surface area contributed by atoms with Crippen LogP contribution in [0.15, 0.2) is 24.5 Å². The summed E-state index contributed by atoms with van der Waals surface area (Å²) in [6, 6.07) is 3.57. The van der Waals surface area contributed by atoms with Crippen molar-refractivity contribution in [1.82, 2.24) is 15.2 Å². The number of carbonyl (C=O) groups is 1. The van der Waals surface area contributed by atoms with E-state index in [-0.39, 0.29) is 30.7 Å². The van der Waals surface area contributed by atoms with Crippen LogP contribution < -0.4 is 5.32 Å². The molecule has 0 radical (unpaired) electrons. The first kappa shape index (κ1) is 19.2. The van der Waals surface area contributed by atoms with Gasteiger partial charge in [0, 0.05) is 31.0 Å². The Hall–Kier alpha value is -0.840. The van der Waals surface area contributed by atoms with Crippen LogP contribution in [-0.2, 0) is 0 Å². The minimum Gasteiger partial charge on any atom is -0.339 e. The number of carbonyl (C=O) groups excluding carboxylic acids is 1. The fraction of sp³-hybridized carbons (Fsp3) is 0.571. The second kappa shape index (κ2) is 9.97. The van der Waals surface area contributed by atoms with Crippen molar-refractivity contribution in [3.63, 3.8) is 0 Å². The standard InChI is InChI=1S/C14H21N3O.2ClH/c1-2-15-11-12-5-9-17(10-6-12)14(18)13-3-7-16-8-4-13;;/h3-4,7-8,12,15H,2,5-6,9-11H2,1H3;2*1H. The summed E-state index contributed by atoms with van der Waals surface area (Å²) in [4.78, 5) is 18.1. The van der Waals surface area contributed by atoms with Crippen LogP contribution in [0.25, 0.3) is 0 Å². The van der Waals surface area contributed by atoms with Crippen LogP contribution >= 0.6 is 24.8 Å². The molecule has 1 saturated heterocycles. The number of likely N-dealkylation sites (tertiary alicyclic amines) is 1. The fourth-order valence-electron chi connectivity index (χ4n) is 2.37. The summed E-state index contributed by atoms with van der Waals surface area (Å²) in [5, 5.41) is 3.38. The first-order valence-electron chi connectivity index (χ1n) is 6.71. The molecule has 1 aromatic heterocycles. The maximum Gasteiger partial charge on any atom is 0.253 e. The Labute approximate surface area is 133 Å². The summed E-state index contributed by atoms with van der Waals surface area (Å²) in [6.07, 6.45) is 5.55. The van der Waals surface area contributed by atoms with E-state index < -0.39 is 0 Å². The number of nitrogens with zero attached hydrogens (tertiary/aromatic N) is 2. The second-order valence-corrected chi connectivity index (χ2v) is 4.78. The SMILES string of the molecule is CCNCC1CCN(C(=O)c2ccncc2)CC1.Cl.Cl. The van der Waals surface area contributed by atoms with E-state index in [0.717, 1.165) is 44.6 Å². The maximum absolute atomic E-state index is 12.2. The van der Waals surface area contributed by atoms with E-state index >= 15 is 0 Å². The lowest BCUT2D eigenvalue weighted by atomic mass is 9.96. The Kier molecular flexibility index (Phi) is 9.55. The van der Waals surface area contributed by atoms with Gasteiger partial charge in [0.25, 0.3) is 5.91 Å². The average Bonchev–Trinajstić information content (AvgIpc) is 2.46. The van der Waals surface area contributed by atoms with Gasteiger partial charge < -0.3 is 10.2 Å². The monoisotopic (exact) mass is 319 g/mol. The number of halogens is 2. The van der Waals surface area contributed by atoms with Crippen molar-refractivity contribution in [3.05, 3.63) is 30.1 Å². The molecule has 1 amide bonds. The third-order valence-corrected chi connectivity index (χ3v) is 3.51. The van der Waals surface area contributed by atoms with Crippen molar-refractivity contribution < 1.29 is 4.79 Å². The minimum atomic E-state index is 0. The van der Waals surface area contributed by atoms with Gasteiger partial charge in [-0.3, -0.25) is 9.78 Å². The van der Waals surface area contributed by atoms with Crippen LogP contribution in [0, 0.1) is 5.92 Å². The zero-order valence-electron chi connectivity index (χ0n) is 11.7. The van der Waals surface area contributed by atoms with Crippen LogP contribution in [0.4, 0.5) is 0 Å². The average molecular weight is 320 g/mol. The molecule has 0 spiro atoms. The lowest BCUT2D eigenvalue weighted by molar-refractivity contribution is 0.0690. The topological polar surface area (TPSA) is 45.2 Å². The third-order valence-electron chi connectivity index (χ3n) is 3.51. The summed E-state index contributed by atoms with van der Waals surface area (Å²) < 4.78 is 0. The molecule has 0 atom stereocenters. The number of hydrogen-bond acceptors (Lipinski definition) is 3. The molecule has 2 heterocycles. The smallest absolute Gasteiger partial charge is 0.253 e. The van der Waals surface area contributed by atoms with Crippen LogP contribution in [0.5, 0.6) is 0 Å². The molecule has 4 nitrogen and oxygen atoms in total. The summed E-state index contributed by atoms with van der Waals surface area (Å²) in [7, 11) is 0. The normalized spacial score (nSPS) is 15.2. The Bertz CT molecular complexity index is 381. The van der Waals surface area contributed by atoms with Gasteiger partial charge in [-0.2, -0.15) is 0 Å². The van der Waals surface area contributed by atoms with E-state index in [2.05, 4.69) is 17.2 Å². The Balaban J connectivity index is 0.00000180. The van der Waals surface area contributed by atoms with Crippen LogP contribution in [-0.4, -0.2) is 42.0 Å². The summed E-state index contributed by atoms with van der Waals surface area (Å²) in [5.74, 6) is 0.853. The van der Waals surface area contributed by atoms with Crippen molar-refractivity contribution in [1.29, 1.82) is 0 Å². The molecule has 0 saturated carbocycles. The van der Waals surface area contributed by atoms with Gasteiger partial charge in [-0.05, 0) is 44.0 Å². The molecule has 1 aliphatic rings. The highest BCUT2D eigenvalue weighted by Crippen LogP contribution is 2.18. The van der Waals surface area contributed by atoms with Gasteiger partial charge in [0.05, 0.1) is 0 Å². The summed E-state index contributed by atoms with van der Waals surface area (Å²) in [6.45, 7) is 5.97. The minimum absolute atomic E-state index is 0. The number of aromatic nitrogens is 1. The predicted molar refractivity (Wildman–Crippen MR) is 85.9 cm³/mol. The zero-order valence-corrected chi connectivity index (χ0v) is 13.4. The number of amides is 1. The quantitative estimate of drug-likeness (QED) is 0.926. The van der Waals surface area contributed by atoms with Gasteiger partial charge in [0.15, 0.2) is 0 Å². The van der Waals surface area contributed by atoms with E-state index in [1.54, 1.807) is 24.5 Å². The maximum atomic E-state index is 12.2. The van der Waals surface area contributed by atoms with Crippen molar-refractivity contribution >= 4 is 30.7 Å². The van der Waals surface area contributed by atoms with E-state index in [1.165, 1.54) is 0 Å². The molecular weight excluding hydrogens is 297 g/mol. The van der Waals surface area contributed by atoms with Crippen molar-refractivity contribution in [2.45, 2.75) is 19.8 Å². The van der Waals surface area contributed by atoms with E-state index in [9.17, 15) is 4.79 Å². The second-order valence-electron chi connectivity index (χ2n) is 4.78. The first-order valence-corrected chi connectivity index (χ1v) is 6.71. The van der Waals surface area contributed by atoms with Crippen LogP contribution in [0.1, 0.15) is 30.1 Å². The molecule has 20 heavy (non-hydrogen) atoms. The molecule has 0 aliphatic carbocycles. The van der Waals surface area contributed by atoms with E-state index in [4.69, 9.17) is 0 Å². The van der Waals surface area contributed by atoms with E-state index in [1.807, 2.05) is 4.90 Å². The van der Waals surface area contributed by atoms with E-state index in [0.29, 0.717) is 5.92 Å². The molecule has 1 N–H and O–H groups in total. The summed E-state index contributed by atoms with van der Waals surface area (Å²) in [5.41, 5.74) is 0.745. The van der Waals surface area contributed by atoms with Gasteiger partial charge in [0.2, 0.25) is 0 Å². The Morgan fingerprint density at radius 3 is 2.45 bits per heavy atom. The molecule has 1 aromatic rings. The largest absolute Gasteiger partial charge is 0.339 e. The number of nitrogens with one attached hydrogen (secondary N) is 1. The van der Waals surface area contributed by atoms with Crippen molar-refractivity contribution in [2.75, 3.05) is 26.2 Å². The molecule has 0 unspecified atom stereocenters. The molecule has 0 aromatic carbocycles. The van der Waals surface area contributed by atoms with Gasteiger partial charge in [0.1, 0.15) is 0 Å². The van der Waals surface area contributed by atoms with Gasteiger partial charge in [-0.1, -0.05) is 6.92 Å². The van der Waals surface area contributed by atoms with Crippen molar-refractivity contribution in [3.8, 4) is 0 Å². The predicted octanol–water partition coefficient (Wildman–Crippen LogP) is 2.39. The lowest BCUT2D eigenvalue weighted by Crippen LogP contribution is -2.40. The van der Waals surface area contributed by atoms with Crippen LogP contribution in [0.2, 0.25) is 0 Å².